The second-order valence-corrected chi connectivity index (χ2v) is 9.36. The number of hydrogen-bond donors (Lipinski definition) is 1. The third kappa shape index (κ3) is 5.93. The number of carbonyl (C=O) groups is 1. The van der Waals surface area contributed by atoms with Crippen molar-refractivity contribution in [3.8, 4) is 0 Å². The van der Waals surface area contributed by atoms with Crippen LogP contribution >= 0.6 is 38.9 Å². The van der Waals surface area contributed by atoms with Gasteiger partial charge in [0.15, 0.2) is 0 Å². The molecule has 130 valence electrons. The number of nitrogens with zero attached hydrogens (tertiary/aromatic N) is 1. The van der Waals surface area contributed by atoms with Crippen LogP contribution in [0.25, 0.3) is 0 Å². The van der Waals surface area contributed by atoms with E-state index in [0.29, 0.717) is 0 Å². The van der Waals surface area contributed by atoms with Crippen LogP contribution in [0.2, 0.25) is 4.34 Å². The fourth-order valence-electron chi connectivity index (χ4n) is 2.66. The van der Waals surface area contributed by atoms with Crippen LogP contribution in [0.1, 0.15) is 44.9 Å². The highest BCUT2D eigenvalue weighted by atomic mass is 79.9. The SMILES string of the molecule is CC(C)(C)OC(=O)N1CCCC1CCNCc1cc(Br)c(Cl)s1. The Morgan fingerprint density at radius 1 is 1.57 bits per heavy atom. The first kappa shape index (κ1) is 19.0. The molecule has 1 aliphatic heterocycles. The summed E-state index contributed by atoms with van der Waals surface area (Å²) < 4.78 is 7.23. The van der Waals surface area contributed by atoms with E-state index in [9.17, 15) is 4.79 Å². The molecular formula is C16H24BrClN2O2S. The maximum Gasteiger partial charge on any atom is 0.410 e. The molecule has 2 rings (SSSR count). The molecule has 0 radical (unpaired) electrons. The summed E-state index contributed by atoms with van der Waals surface area (Å²) in [5.74, 6) is 0. The zero-order chi connectivity index (χ0) is 17.0. The minimum Gasteiger partial charge on any atom is -0.444 e. The van der Waals surface area contributed by atoms with E-state index >= 15 is 0 Å². The van der Waals surface area contributed by atoms with Gasteiger partial charge in [-0.05, 0) is 68.6 Å². The molecular weight excluding hydrogens is 400 g/mol. The lowest BCUT2D eigenvalue weighted by molar-refractivity contribution is 0.0221. The fourth-order valence-corrected chi connectivity index (χ4v) is 4.42. The van der Waals surface area contributed by atoms with Crippen LogP contribution in [0, 0.1) is 0 Å². The molecule has 1 aromatic heterocycles. The number of ether oxygens (including phenoxy) is 1. The van der Waals surface area contributed by atoms with Crippen LogP contribution < -0.4 is 5.32 Å². The van der Waals surface area contributed by atoms with E-state index in [1.165, 1.54) is 4.88 Å². The standard InChI is InChI=1S/C16H24BrClN2O2S/c1-16(2,3)22-15(21)20-8-4-5-11(20)6-7-19-10-12-9-13(17)14(18)23-12/h9,11,19H,4-8,10H2,1-3H3. The van der Waals surface area contributed by atoms with Crippen molar-refractivity contribution in [1.82, 2.24) is 10.2 Å². The maximum absolute atomic E-state index is 12.2. The Labute approximate surface area is 155 Å². The van der Waals surface area contributed by atoms with E-state index in [0.717, 1.165) is 47.7 Å². The van der Waals surface area contributed by atoms with Crippen molar-refractivity contribution in [3.05, 3.63) is 19.8 Å². The first-order valence-corrected chi connectivity index (χ1v) is 9.89. The summed E-state index contributed by atoms with van der Waals surface area (Å²) in [7, 11) is 0. The third-order valence-corrected chi connectivity index (χ3v) is 6.13. The lowest BCUT2D eigenvalue weighted by Crippen LogP contribution is -2.40. The van der Waals surface area contributed by atoms with Gasteiger partial charge in [-0.1, -0.05) is 11.6 Å². The third-order valence-electron chi connectivity index (χ3n) is 3.65. The Kier molecular flexibility index (Phi) is 6.77. The van der Waals surface area contributed by atoms with Crippen LogP contribution in [0.15, 0.2) is 10.5 Å². The summed E-state index contributed by atoms with van der Waals surface area (Å²) in [6.45, 7) is 8.19. The number of nitrogens with one attached hydrogen (secondary N) is 1. The van der Waals surface area contributed by atoms with Crippen LogP contribution in [-0.4, -0.2) is 35.7 Å². The summed E-state index contributed by atoms with van der Waals surface area (Å²) in [5, 5.41) is 3.43. The number of amides is 1. The summed E-state index contributed by atoms with van der Waals surface area (Å²) >= 11 is 11.0. The number of hydrogen-bond acceptors (Lipinski definition) is 4. The second-order valence-electron chi connectivity index (χ2n) is 6.77. The van der Waals surface area contributed by atoms with Gasteiger partial charge in [0.25, 0.3) is 0 Å². The summed E-state index contributed by atoms with van der Waals surface area (Å²) in [6.07, 6.45) is 2.86. The molecule has 1 aliphatic rings. The van der Waals surface area contributed by atoms with Gasteiger partial charge in [-0.15, -0.1) is 11.3 Å². The Morgan fingerprint density at radius 3 is 2.91 bits per heavy atom. The molecule has 1 atom stereocenters. The number of rotatable bonds is 5. The normalized spacial score (nSPS) is 18.5. The van der Waals surface area contributed by atoms with Crippen molar-refractivity contribution >= 4 is 45.0 Å². The molecule has 1 aromatic rings. The van der Waals surface area contributed by atoms with E-state index in [-0.39, 0.29) is 12.1 Å². The summed E-state index contributed by atoms with van der Waals surface area (Å²) in [6, 6.07) is 2.32. The van der Waals surface area contributed by atoms with Gasteiger partial charge >= 0.3 is 6.09 Å². The van der Waals surface area contributed by atoms with Gasteiger partial charge in [0, 0.05) is 28.5 Å². The number of halogens is 2. The van der Waals surface area contributed by atoms with Gasteiger partial charge in [-0.2, -0.15) is 0 Å². The molecule has 1 saturated heterocycles. The van der Waals surface area contributed by atoms with Crippen molar-refractivity contribution in [2.24, 2.45) is 0 Å². The predicted molar refractivity (Wildman–Crippen MR) is 99.3 cm³/mol. The molecule has 7 heteroatoms. The van der Waals surface area contributed by atoms with Gasteiger partial charge in [0.05, 0.1) is 0 Å². The Bertz CT molecular complexity index is 525. The molecule has 1 unspecified atom stereocenters. The minimum absolute atomic E-state index is 0.186. The molecule has 0 aliphatic carbocycles. The first-order valence-electron chi connectivity index (χ1n) is 7.90. The molecule has 1 N–H and O–H groups in total. The molecule has 2 heterocycles. The monoisotopic (exact) mass is 422 g/mol. The predicted octanol–water partition coefficient (Wildman–Crippen LogP) is 5.04. The first-order chi connectivity index (χ1) is 10.8. The zero-order valence-electron chi connectivity index (χ0n) is 13.8. The van der Waals surface area contributed by atoms with Crippen LogP contribution in [0.3, 0.4) is 0 Å². The van der Waals surface area contributed by atoms with E-state index < -0.39 is 5.60 Å². The summed E-state index contributed by atoms with van der Waals surface area (Å²) in [4.78, 5) is 15.3. The molecule has 1 amide bonds. The highest BCUT2D eigenvalue weighted by molar-refractivity contribution is 9.10. The van der Waals surface area contributed by atoms with Gasteiger partial charge < -0.3 is 15.0 Å². The van der Waals surface area contributed by atoms with Crippen molar-refractivity contribution in [2.75, 3.05) is 13.1 Å². The molecule has 4 nitrogen and oxygen atoms in total. The topological polar surface area (TPSA) is 41.6 Å². The molecule has 23 heavy (non-hydrogen) atoms. The molecule has 0 aromatic carbocycles. The molecule has 0 spiro atoms. The largest absolute Gasteiger partial charge is 0.444 e. The van der Waals surface area contributed by atoms with Gasteiger partial charge in [0.1, 0.15) is 9.94 Å². The highest BCUT2D eigenvalue weighted by Gasteiger charge is 2.31. The number of thiophene rings is 1. The van der Waals surface area contributed by atoms with Crippen LogP contribution in [0.5, 0.6) is 0 Å². The van der Waals surface area contributed by atoms with E-state index in [1.54, 1.807) is 11.3 Å². The lowest BCUT2D eigenvalue weighted by Gasteiger charge is -2.28. The smallest absolute Gasteiger partial charge is 0.410 e. The Balaban J connectivity index is 1.75. The minimum atomic E-state index is -0.436. The molecule has 0 saturated carbocycles. The van der Waals surface area contributed by atoms with E-state index in [2.05, 4.69) is 21.2 Å². The van der Waals surface area contributed by atoms with Crippen molar-refractivity contribution < 1.29 is 9.53 Å². The fraction of sp³-hybridized carbons (Fsp3) is 0.688. The maximum atomic E-state index is 12.2. The van der Waals surface area contributed by atoms with Crippen LogP contribution in [0.4, 0.5) is 4.79 Å². The Hall–Kier alpha value is -0.300. The zero-order valence-corrected chi connectivity index (χ0v) is 17.0. The van der Waals surface area contributed by atoms with Gasteiger partial charge in [-0.3, -0.25) is 0 Å². The number of carbonyl (C=O) groups excluding carboxylic acids is 1. The average Bonchev–Trinajstić information content (AvgIpc) is 3.00. The summed E-state index contributed by atoms with van der Waals surface area (Å²) in [5.41, 5.74) is -0.436. The molecule has 1 fully saturated rings. The Morgan fingerprint density at radius 2 is 2.30 bits per heavy atom. The van der Waals surface area contributed by atoms with Gasteiger partial charge in [-0.25, -0.2) is 4.79 Å². The number of likely N-dealkylation sites (tertiary alicyclic amines) is 1. The lowest BCUT2D eigenvalue weighted by atomic mass is 10.1. The van der Waals surface area contributed by atoms with E-state index in [4.69, 9.17) is 16.3 Å². The molecule has 0 bridgehead atoms. The van der Waals surface area contributed by atoms with Crippen molar-refractivity contribution in [2.45, 2.75) is 58.2 Å². The van der Waals surface area contributed by atoms with Gasteiger partial charge in [0.2, 0.25) is 0 Å². The highest BCUT2D eigenvalue weighted by Crippen LogP contribution is 2.31. The average molecular weight is 424 g/mol. The quantitative estimate of drug-likeness (QED) is 0.674. The van der Waals surface area contributed by atoms with E-state index in [1.807, 2.05) is 31.7 Å². The van der Waals surface area contributed by atoms with Crippen LogP contribution in [-0.2, 0) is 11.3 Å². The second kappa shape index (κ2) is 8.19. The van der Waals surface area contributed by atoms with Crippen molar-refractivity contribution in [1.29, 1.82) is 0 Å². The van der Waals surface area contributed by atoms with Crippen molar-refractivity contribution in [3.63, 3.8) is 0 Å².